The maximum absolute atomic E-state index is 12.7. The summed E-state index contributed by atoms with van der Waals surface area (Å²) in [4.78, 5) is 23.5. The molecule has 1 heterocycles. The van der Waals surface area contributed by atoms with Crippen LogP contribution in [0.4, 0.5) is 10.1 Å². The van der Waals surface area contributed by atoms with Crippen LogP contribution in [-0.4, -0.2) is 31.4 Å². The van der Waals surface area contributed by atoms with Crippen molar-refractivity contribution in [2.24, 2.45) is 5.92 Å². The summed E-state index contributed by atoms with van der Waals surface area (Å²) < 4.78 is 12.7. The summed E-state index contributed by atoms with van der Waals surface area (Å²) >= 11 is 0. The molecule has 0 bridgehead atoms. The molecule has 0 spiro atoms. The number of anilines is 1. The van der Waals surface area contributed by atoms with Crippen LogP contribution in [0, 0.1) is 11.7 Å². The van der Waals surface area contributed by atoms with Gasteiger partial charge in [-0.15, -0.1) is 0 Å². The van der Waals surface area contributed by atoms with Gasteiger partial charge in [-0.3, -0.25) is 9.59 Å². The lowest BCUT2D eigenvalue weighted by molar-refractivity contribution is -0.127. The standard InChI is InChI=1S/C14H18FN3O2/c15-11-3-5-12(6-4-11)18-13(19)9-17-14(20)10-2-1-7-16-8-10/h3-6,10,16H,1-2,7-9H2,(H,17,20)(H,18,19). The van der Waals surface area contributed by atoms with Gasteiger partial charge in [0.2, 0.25) is 11.8 Å². The monoisotopic (exact) mass is 279 g/mol. The molecule has 1 aromatic rings. The molecule has 1 aliphatic rings. The predicted octanol–water partition coefficient (Wildman–Crippen LogP) is 0.880. The van der Waals surface area contributed by atoms with Crippen LogP contribution in [0.3, 0.4) is 0 Å². The Hall–Kier alpha value is -1.95. The number of amides is 2. The molecule has 1 fully saturated rings. The number of benzene rings is 1. The zero-order valence-electron chi connectivity index (χ0n) is 11.1. The van der Waals surface area contributed by atoms with Gasteiger partial charge in [0.25, 0.3) is 0 Å². The largest absolute Gasteiger partial charge is 0.347 e. The van der Waals surface area contributed by atoms with Gasteiger partial charge in [-0.1, -0.05) is 0 Å². The fourth-order valence-electron chi connectivity index (χ4n) is 2.13. The van der Waals surface area contributed by atoms with E-state index in [0.717, 1.165) is 19.4 Å². The Morgan fingerprint density at radius 3 is 2.70 bits per heavy atom. The van der Waals surface area contributed by atoms with Crippen molar-refractivity contribution in [1.29, 1.82) is 0 Å². The lowest BCUT2D eigenvalue weighted by Crippen LogP contribution is -2.42. The van der Waals surface area contributed by atoms with Crippen molar-refractivity contribution in [2.45, 2.75) is 12.8 Å². The van der Waals surface area contributed by atoms with E-state index in [9.17, 15) is 14.0 Å². The van der Waals surface area contributed by atoms with Crippen molar-refractivity contribution in [3.05, 3.63) is 30.1 Å². The Labute approximate surface area is 116 Å². The Morgan fingerprint density at radius 1 is 1.30 bits per heavy atom. The number of hydrogen-bond acceptors (Lipinski definition) is 3. The van der Waals surface area contributed by atoms with Gasteiger partial charge >= 0.3 is 0 Å². The quantitative estimate of drug-likeness (QED) is 0.766. The van der Waals surface area contributed by atoms with E-state index in [1.807, 2.05) is 0 Å². The highest BCUT2D eigenvalue weighted by atomic mass is 19.1. The molecule has 0 radical (unpaired) electrons. The van der Waals surface area contributed by atoms with E-state index in [1.165, 1.54) is 24.3 Å². The first-order chi connectivity index (χ1) is 9.65. The molecule has 1 unspecified atom stereocenters. The van der Waals surface area contributed by atoms with Gasteiger partial charge in [0.05, 0.1) is 12.5 Å². The minimum absolute atomic E-state index is 0.0672. The van der Waals surface area contributed by atoms with Crippen molar-refractivity contribution >= 4 is 17.5 Å². The number of carbonyl (C=O) groups excluding carboxylic acids is 2. The van der Waals surface area contributed by atoms with E-state index in [0.29, 0.717) is 12.2 Å². The normalized spacial score (nSPS) is 18.4. The third kappa shape index (κ3) is 4.31. The third-order valence-corrected chi connectivity index (χ3v) is 3.22. The van der Waals surface area contributed by atoms with Crippen LogP contribution >= 0.6 is 0 Å². The molecule has 20 heavy (non-hydrogen) atoms. The molecular formula is C14H18FN3O2. The summed E-state index contributed by atoms with van der Waals surface area (Å²) in [5.41, 5.74) is 0.505. The second-order valence-corrected chi connectivity index (χ2v) is 4.82. The second kappa shape index (κ2) is 7.00. The molecule has 3 N–H and O–H groups in total. The van der Waals surface area contributed by atoms with Crippen LogP contribution in [0.5, 0.6) is 0 Å². The number of halogens is 1. The molecule has 1 aliphatic heterocycles. The zero-order valence-corrected chi connectivity index (χ0v) is 11.1. The summed E-state index contributed by atoms with van der Waals surface area (Å²) in [6, 6.07) is 5.48. The molecule has 1 saturated heterocycles. The molecule has 6 heteroatoms. The summed E-state index contributed by atoms with van der Waals surface area (Å²) in [6.45, 7) is 1.52. The van der Waals surface area contributed by atoms with Crippen molar-refractivity contribution in [1.82, 2.24) is 10.6 Å². The van der Waals surface area contributed by atoms with Crippen molar-refractivity contribution in [2.75, 3.05) is 25.0 Å². The van der Waals surface area contributed by atoms with Gasteiger partial charge in [-0.25, -0.2) is 4.39 Å². The van der Waals surface area contributed by atoms with Gasteiger partial charge in [-0.2, -0.15) is 0 Å². The van der Waals surface area contributed by atoms with E-state index in [2.05, 4.69) is 16.0 Å². The first-order valence-electron chi connectivity index (χ1n) is 6.69. The summed E-state index contributed by atoms with van der Waals surface area (Å²) in [6.07, 6.45) is 1.82. The Kier molecular flexibility index (Phi) is 5.06. The predicted molar refractivity (Wildman–Crippen MR) is 73.6 cm³/mol. The molecular weight excluding hydrogens is 261 g/mol. The minimum Gasteiger partial charge on any atom is -0.347 e. The van der Waals surface area contributed by atoms with Crippen molar-refractivity contribution in [3.8, 4) is 0 Å². The number of piperidine rings is 1. The third-order valence-electron chi connectivity index (χ3n) is 3.22. The van der Waals surface area contributed by atoms with Crippen LogP contribution in [0.2, 0.25) is 0 Å². The average Bonchev–Trinajstić information content (AvgIpc) is 2.48. The lowest BCUT2D eigenvalue weighted by Gasteiger charge is -2.21. The summed E-state index contributed by atoms with van der Waals surface area (Å²) in [7, 11) is 0. The molecule has 0 aliphatic carbocycles. The van der Waals surface area contributed by atoms with Gasteiger partial charge in [0.15, 0.2) is 0 Å². The first kappa shape index (κ1) is 14.5. The molecule has 1 atom stereocenters. The van der Waals surface area contributed by atoms with E-state index >= 15 is 0 Å². The number of nitrogens with one attached hydrogen (secondary N) is 3. The zero-order chi connectivity index (χ0) is 14.4. The Morgan fingerprint density at radius 2 is 2.05 bits per heavy atom. The number of rotatable bonds is 4. The van der Waals surface area contributed by atoms with Crippen molar-refractivity contribution < 1.29 is 14.0 Å². The minimum atomic E-state index is -0.360. The maximum atomic E-state index is 12.7. The maximum Gasteiger partial charge on any atom is 0.243 e. The van der Waals surface area contributed by atoms with Gasteiger partial charge in [0.1, 0.15) is 5.82 Å². The molecule has 0 aromatic heterocycles. The summed E-state index contributed by atoms with van der Waals surface area (Å²) in [5, 5.41) is 8.36. The Bertz CT molecular complexity index is 470. The van der Waals surface area contributed by atoms with Gasteiger partial charge in [0, 0.05) is 12.2 Å². The van der Waals surface area contributed by atoms with Crippen LogP contribution in [0.15, 0.2) is 24.3 Å². The fraction of sp³-hybridized carbons (Fsp3) is 0.429. The van der Waals surface area contributed by atoms with Gasteiger partial charge in [-0.05, 0) is 43.7 Å². The van der Waals surface area contributed by atoms with Gasteiger partial charge < -0.3 is 16.0 Å². The topological polar surface area (TPSA) is 70.2 Å². The molecule has 108 valence electrons. The van der Waals surface area contributed by atoms with Crippen LogP contribution in [-0.2, 0) is 9.59 Å². The van der Waals surface area contributed by atoms with E-state index in [1.54, 1.807) is 0 Å². The smallest absolute Gasteiger partial charge is 0.243 e. The molecule has 1 aromatic carbocycles. The van der Waals surface area contributed by atoms with E-state index in [4.69, 9.17) is 0 Å². The van der Waals surface area contributed by atoms with E-state index < -0.39 is 0 Å². The molecule has 2 rings (SSSR count). The summed E-state index contributed by atoms with van der Waals surface area (Å²) in [5.74, 6) is -0.858. The highest BCUT2D eigenvalue weighted by Gasteiger charge is 2.20. The van der Waals surface area contributed by atoms with Crippen LogP contribution in [0.25, 0.3) is 0 Å². The molecule has 5 nitrogen and oxygen atoms in total. The van der Waals surface area contributed by atoms with Crippen molar-refractivity contribution in [3.63, 3.8) is 0 Å². The van der Waals surface area contributed by atoms with Crippen LogP contribution < -0.4 is 16.0 Å². The molecule has 2 amide bonds. The second-order valence-electron chi connectivity index (χ2n) is 4.82. The van der Waals surface area contributed by atoms with E-state index in [-0.39, 0.29) is 30.1 Å². The van der Waals surface area contributed by atoms with Crippen LogP contribution in [0.1, 0.15) is 12.8 Å². The molecule has 0 saturated carbocycles. The lowest BCUT2D eigenvalue weighted by atomic mass is 9.99. The first-order valence-corrected chi connectivity index (χ1v) is 6.69. The average molecular weight is 279 g/mol. The Balaban J connectivity index is 1.74. The number of carbonyl (C=O) groups is 2. The highest BCUT2D eigenvalue weighted by molar-refractivity contribution is 5.94. The SMILES string of the molecule is O=C(CNC(=O)C1CCCNC1)Nc1ccc(F)cc1. The fourth-order valence-corrected chi connectivity index (χ4v) is 2.13. The highest BCUT2D eigenvalue weighted by Crippen LogP contribution is 2.10. The number of hydrogen-bond donors (Lipinski definition) is 3.